The number of nitrogens with one attached hydrogen (secondary N) is 1. The number of methoxy groups -OCH3 is 3. The maximum Gasteiger partial charge on any atom is 0.255 e. The number of furan rings is 1. The summed E-state index contributed by atoms with van der Waals surface area (Å²) in [7, 11) is 4.51. The van der Waals surface area contributed by atoms with Crippen LogP contribution in [0.25, 0.3) is 11.0 Å². The molecule has 6 heteroatoms. The first-order valence-electron chi connectivity index (χ1n) is 8.17. The molecule has 136 valence electrons. The van der Waals surface area contributed by atoms with Gasteiger partial charge in [-0.1, -0.05) is 18.2 Å². The molecule has 0 saturated heterocycles. The Morgan fingerprint density at radius 3 is 2.38 bits per heavy atom. The average Bonchev–Trinajstić information content (AvgIpc) is 3.10. The van der Waals surface area contributed by atoms with Gasteiger partial charge in [0.15, 0.2) is 11.5 Å². The highest BCUT2D eigenvalue weighted by Gasteiger charge is 2.22. The summed E-state index contributed by atoms with van der Waals surface area (Å²) in [5.74, 6) is 1.57. The van der Waals surface area contributed by atoms with Crippen LogP contribution in [0.3, 0.4) is 0 Å². The van der Waals surface area contributed by atoms with E-state index in [-0.39, 0.29) is 11.9 Å². The molecular formula is C20H21NO5. The zero-order valence-corrected chi connectivity index (χ0v) is 15.2. The van der Waals surface area contributed by atoms with Crippen LogP contribution in [0, 0.1) is 0 Å². The molecule has 1 aromatic heterocycles. The Morgan fingerprint density at radius 1 is 1.00 bits per heavy atom. The van der Waals surface area contributed by atoms with Gasteiger partial charge in [-0.2, -0.15) is 0 Å². The van der Waals surface area contributed by atoms with Crippen LogP contribution in [0.2, 0.25) is 0 Å². The van der Waals surface area contributed by atoms with Gasteiger partial charge in [0.25, 0.3) is 5.91 Å². The number of fused-ring (bicyclic) bond motifs is 1. The first kappa shape index (κ1) is 17.7. The number of ether oxygens (including phenoxy) is 3. The van der Waals surface area contributed by atoms with Gasteiger partial charge in [0, 0.05) is 5.39 Å². The zero-order chi connectivity index (χ0) is 18.7. The minimum Gasteiger partial charge on any atom is -0.493 e. The standard InChI is InChI=1S/C20H21NO5/c1-12(17-11-13-7-5-6-8-15(13)26-17)21-20(22)14-9-10-16(23-2)19(25-4)18(14)24-3/h5-12H,1-4H3,(H,21,22)/t12-/m1/s1. The van der Waals surface area contributed by atoms with Crippen molar-refractivity contribution in [2.75, 3.05) is 21.3 Å². The summed E-state index contributed by atoms with van der Waals surface area (Å²) < 4.78 is 21.8. The third-order valence-corrected chi connectivity index (χ3v) is 4.17. The maximum atomic E-state index is 12.8. The molecule has 26 heavy (non-hydrogen) atoms. The molecule has 0 radical (unpaired) electrons. The van der Waals surface area contributed by atoms with Crippen molar-refractivity contribution in [2.24, 2.45) is 0 Å². The Labute approximate surface area is 151 Å². The van der Waals surface area contributed by atoms with Crippen LogP contribution in [0.5, 0.6) is 17.2 Å². The molecule has 1 N–H and O–H groups in total. The molecule has 3 rings (SSSR count). The number of para-hydroxylation sites is 1. The largest absolute Gasteiger partial charge is 0.493 e. The summed E-state index contributed by atoms with van der Waals surface area (Å²) in [4.78, 5) is 12.8. The topological polar surface area (TPSA) is 69.9 Å². The van der Waals surface area contributed by atoms with E-state index in [4.69, 9.17) is 18.6 Å². The van der Waals surface area contributed by atoms with E-state index < -0.39 is 0 Å². The molecule has 1 heterocycles. The van der Waals surface area contributed by atoms with Gasteiger partial charge in [0.05, 0.1) is 32.9 Å². The summed E-state index contributed by atoms with van der Waals surface area (Å²) in [5.41, 5.74) is 1.14. The number of carbonyl (C=O) groups excluding carboxylic acids is 1. The van der Waals surface area contributed by atoms with Crippen molar-refractivity contribution in [3.63, 3.8) is 0 Å². The normalized spacial score (nSPS) is 11.8. The predicted octanol–water partition coefficient (Wildman–Crippen LogP) is 3.95. The molecule has 0 aliphatic heterocycles. The number of rotatable bonds is 6. The van der Waals surface area contributed by atoms with E-state index in [1.54, 1.807) is 12.1 Å². The smallest absolute Gasteiger partial charge is 0.255 e. The van der Waals surface area contributed by atoms with Gasteiger partial charge in [-0.05, 0) is 31.2 Å². The average molecular weight is 355 g/mol. The zero-order valence-electron chi connectivity index (χ0n) is 15.2. The van der Waals surface area contributed by atoms with Crippen LogP contribution in [0.15, 0.2) is 46.9 Å². The van der Waals surface area contributed by atoms with Gasteiger partial charge in [-0.25, -0.2) is 0 Å². The molecule has 0 bridgehead atoms. The van der Waals surface area contributed by atoms with Gasteiger partial charge < -0.3 is 23.9 Å². The lowest BCUT2D eigenvalue weighted by atomic mass is 10.1. The van der Waals surface area contributed by atoms with E-state index in [0.29, 0.717) is 28.6 Å². The Morgan fingerprint density at radius 2 is 1.73 bits per heavy atom. The fraction of sp³-hybridized carbons (Fsp3) is 0.250. The second kappa shape index (κ2) is 7.39. The molecule has 1 atom stereocenters. The first-order chi connectivity index (χ1) is 12.6. The van der Waals surface area contributed by atoms with Crippen molar-refractivity contribution in [3.05, 3.63) is 53.8 Å². The molecule has 2 aromatic carbocycles. The molecule has 0 aliphatic rings. The highest BCUT2D eigenvalue weighted by molar-refractivity contribution is 5.98. The van der Waals surface area contributed by atoms with Gasteiger partial charge in [-0.3, -0.25) is 4.79 Å². The van der Waals surface area contributed by atoms with Crippen LogP contribution in [-0.2, 0) is 0 Å². The van der Waals surface area contributed by atoms with Crippen LogP contribution < -0.4 is 19.5 Å². The summed E-state index contributed by atoms with van der Waals surface area (Å²) in [6, 6.07) is 12.6. The van der Waals surface area contributed by atoms with Crippen LogP contribution >= 0.6 is 0 Å². The number of hydrogen-bond acceptors (Lipinski definition) is 5. The summed E-state index contributed by atoms with van der Waals surface area (Å²) in [5, 5.41) is 3.92. The van der Waals surface area contributed by atoms with E-state index in [0.717, 1.165) is 11.0 Å². The Bertz CT molecular complexity index is 898. The lowest BCUT2D eigenvalue weighted by Crippen LogP contribution is -2.26. The molecule has 0 aliphatic carbocycles. The summed E-state index contributed by atoms with van der Waals surface area (Å²) in [6.07, 6.45) is 0. The highest BCUT2D eigenvalue weighted by Crippen LogP contribution is 2.39. The fourth-order valence-electron chi connectivity index (χ4n) is 2.84. The minimum atomic E-state index is -0.312. The Balaban J connectivity index is 1.87. The fourth-order valence-corrected chi connectivity index (χ4v) is 2.84. The molecule has 3 aromatic rings. The molecule has 0 fully saturated rings. The molecular weight excluding hydrogens is 334 g/mol. The molecule has 0 unspecified atom stereocenters. The van der Waals surface area contributed by atoms with Crippen LogP contribution in [0.4, 0.5) is 0 Å². The number of carbonyl (C=O) groups is 1. The van der Waals surface area contributed by atoms with Crippen molar-refractivity contribution >= 4 is 16.9 Å². The van der Waals surface area contributed by atoms with Gasteiger partial charge >= 0.3 is 0 Å². The van der Waals surface area contributed by atoms with Gasteiger partial charge in [-0.15, -0.1) is 0 Å². The number of benzene rings is 2. The van der Waals surface area contributed by atoms with E-state index in [2.05, 4.69) is 5.32 Å². The van der Waals surface area contributed by atoms with Crippen LogP contribution in [-0.4, -0.2) is 27.2 Å². The lowest BCUT2D eigenvalue weighted by molar-refractivity contribution is 0.0932. The molecule has 6 nitrogen and oxygen atoms in total. The maximum absolute atomic E-state index is 12.8. The summed E-state index contributed by atoms with van der Waals surface area (Å²) in [6.45, 7) is 1.86. The Kier molecular flexibility index (Phi) is 5.02. The van der Waals surface area contributed by atoms with Crippen LogP contribution in [0.1, 0.15) is 29.1 Å². The van der Waals surface area contributed by atoms with Crippen molar-refractivity contribution < 1.29 is 23.4 Å². The second-order valence-electron chi connectivity index (χ2n) is 5.76. The van der Waals surface area contributed by atoms with Crippen molar-refractivity contribution in [2.45, 2.75) is 13.0 Å². The van der Waals surface area contributed by atoms with Gasteiger partial charge in [0.2, 0.25) is 5.75 Å². The minimum absolute atomic E-state index is 0.296. The quantitative estimate of drug-likeness (QED) is 0.725. The van der Waals surface area contributed by atoms with Crippen molar-refractivity contribution in [1.82, 2.24) is 5.32 Å². The molecule has 0 spiro atoms. The van der Waals surface area contributed by atoms with Gasteiger partial charge in [0.1, 0.15) is 11.3 Å². The van der Waals surface area contributed by atoms with E-state index in [1.807, 2.05) is 37.3 Å². The third kappa shape index (κ3) is 3.18. The van der Waals surface area contributed by atoms with E-state index in [9.17, 15) is 4.79 Å². The highest BCUT2D eigenvalue weighted by atomic mass is 16.5. The third-order valence-electron chi connectivity index (χ3n) is 4.17. The first-order valence-corrected chi connectivity index (χ1v) is 8.17. The second-order valence-corrected chi connectivity index (χ2v) is 5.76. The molecule has 1 amide bonds. The van der Waals surface area contributed by atoms with E-state index >= 15 is 0 Å². The Hall–Kier alpha value is -3.15. The molecule has 0 saturated carbocycles. The van der Waals surface area contributed by atoms with Crippen molar-refractivity contribution in [3.8, 4) is 17.2 Å². The summed E-state index contributed by atoms with van der Waals surface area (Å²) >= 11 is 0. The van der Waals surface area contributed by atoms with E-state index in [1.165, 1.54) is 21.3 Å². The SMILES string of the molecule is COc1ccc(C(=O)N[C@H](C)c2cc3ccccc3o2)c(OC)c1OC. The number of amides is 1. The lowest BCUT2D eigenvalue weighted by Gasteiger charge is -2.17. The predicted molar refractivity (Wildman–Crippen MR) is 98.2 cm³/mol. The monoisotopic (exact) mass is 355 g/mol. The van der Waals surface area contributed by atoms with Crippen molar-refractivity contribution in [1.29, 1.82) is 0 Å². The number of hydrogen-bond donors (Lipinski definition) is 1.